The Hall–Kier alpha value is -3.95. The van der Waals surface area contributed by atoms with Crippen molar-refractivity contribution in [2.75, 3.05) is 11.7 Å². The molecule has 180 valence electrons. The fourth-order valence-electron chi connectivity index (χ4n) is 5.51. The lowest BCUT2D eigenvalue weighted by molar-refractivity contribution is -0.118. The zero-order valence-electron chi connectivity index (χ0n) is 20.0. The number of aromatic nitrogens is 1. The van der Waals surface area contributed by atoms with E-state index in [0.29, 0.717) is 46.3 Å². The smallest absolute Gasteiger partial charge is 0.231 e. The first-order valence-electron chi connectivity index (χ1n) is 11.9. The van der Waals surface area contributed by atoms with E-state index in [-0.39, 0.29) is 18.0 Å². The monoisotopic (exact) mass is 497 g/mol. The Morgan fingerprint density at radius 3 is 2.56 bits per heavy atom. The molecule has 7 heteroatoms. The molecule has 0 radical (unpaired) electrons. The van der Waals surface area contributed by atoms with Crippen molar-refractivity contribution in [2.24, 2.45) is 5.41 Å². The highest BCUT2D eigenvalue weighted by Gasteiger charge is 2.45. The summed E-state index contributed by atoms with van der Waals surface area (Å²) in [6.07, 6.45) is 4.92. The number of carbonyl (C=O) groups is 1. The van der Waals surface area contributed by atoms with Crippen molar-refractivity contribution in [3.8, 4) is 17.6 Å². The van der Waals surface area contributed by atoms with Gasteiger partial charge >= 0.3 is 0 Å². The van der Waals surface area contributed by atoms with Gasteiger partial charge in [-0.15, -0.1) is 0 Å². The predicted octanol–water partition coefficient (Wildman–Crippen LogP) is 6.51. The lowest BCUT2D eigenvalue weighted by atomic mass is 9.68. The maximum Gasteiger partial charge on any atom is 0.231 e. The Morgan fingerprint density at radius 2 is 1.81 bits per heavy atom. The van der Waals surface area contributed by atoms with Gasteiger partial charge in [0.05, 0.1) is 17.6 Å². The molecule has 2 aliphatic heterocycles. The molecule has 1 atom stereocenters. The Bertz CT molecular complexity index is 1490. The van der Waals surface area contributed by atoms with Gasteiger partial charge in [-0.25, -0.2) is 0 Å². The van der Waals surface area contributed by atoms with E-state index in [2.05, 4.69) is 19.9 Å². The number of benzene rings is 2. The van der Waals surface area contributed by atoms with Gasteiger partial charge in [0.25, 0.3) is 0 Å². The lowest BCUT2D eigenvalue weighted by Gasteiger charge is -2.45. The van der Waals surface area contributed by atoms with Crippen LogP contribution in [0.15, 0.2) is 83.8 Å². The van der Waals surface area contributed by atoms with E-state index in [1.165, 1.54) is 0 Å². The van der Waals surface area contributed by atoms with Crippen molar-refractivity contribution in [1.29, 1.82) is 5.26 Å². The zero-order valence-corrected chi connectivity index (χ0v) is 20.7. The van der Waals surface area contributed by atoms with Crippen molar-refractivity contribution >= 4 is 28.9 Å². The standard InChI is InChI=1S/C29H24ClN3O3/c1-29(2)14-22-27(23(34)15-29)26(18-8-9-24-25(12-18)36-17-35-24)21(16-31)28(32-10-3-4-11-32)33(22)20-7-5-6-19(30)13-20/h3-13,26H,14-15,17H2,1-2H3/t26-/m0/s1. The minimum Gasteiger partial charge on any atom is -0.454 e. The highest BCUT2D eigenvalue weighted by Crippen LogP contribution is 2.53. The average molecular weight is 498 g/mol. The number of ether oxygens (including phenoxy) is 2. The number of fused-ring (bicyclic) bond motifs is 1. The Balaban J connectivity index is 1.67. The number of hydrogen-bond acceptors (Lipinski definition) is 5. The molecule has 6 nitrogen and oxygen atoms in total. The van der Waals surface area contributed by atoms with Crippen molar-refractivity contribution in [3.05, 3.63) is 94.4 Å². The minimum atomic E-state index is -0.532. The fourth-order valence-corrected chi connectivity index (χ4v) is 5.70. The van der Waals surface area contributed by atoms with Crippen LogP contribution in [0.25, 0.3) is 5.82 Å². The van der Waals surface area contributed by atoms with Crippen LogP contribution in [-0.4, -0.2) is 17.1 Å². The van der Waals surface area contributed by atoms with E-state index in [1.807, 2.05) is 76.5 Å². The van der Waals surface area contributed by atoms with E-state index in [9.17, 15) is 10.1 Å². The second kappa shape index (κ2) is 8.32. The van der Waals surface area contributed by atoms with E-state index >= 15 is 0 Å². The van der Waals surface area contributed by atoms with Crippen LogP contribution in [0.3, 0.4) is 0 Å². The third-order valence-electron chi connectivity index (χ3n) is 6.96. The molecule has 0 amide bonds. The van der Waals surface area contributed by atoms with Crippen LogP contribution in [0, 0.1) is 16.7 Å². The molecule has 0 saturated carbocycles. The summed E-state index contributed by atoms with van der Waals surface area (Å²) >= 11 is 6.42. The third-order valence-corrected chi connectivity index (χ3v) is 7.20. The van der Waals surface area contributed by atoms with Crippen LogP contribution in [0.5, 0.6) is 11.5 Å². The van der Waals surface area contributed by atoms with E-state index in [1.54, 1.807) is 0 Å². The summed E-state index contributed by atoms with van der Waals surface area (Å²) in [4.78, 5) is 15.9. The number of halogens is 1. The summed E-state index contributed by atoms with van der Waals surface area (Å²) in [7, 11) is 0. The summed E-state index contributed by atoms with van der Waals surface area (Å²) in [5.41, 5.74) is 3.42. The Morgan fingerprint density at radius 1 is 1.03 bits per heavy atom. The van der Waals surface area contributed by atoms with Crippen LogP contribution in [0.4, 0.5) is 5.69 Å². The van der Waals surface area contributed by atoms with E-state index < -0.39 is 5.92 Å². The molecule has 6 rings (SSSR count). The number of nitriles is 1. The molecule has 0 spiro atoms. The van der Waals surface area contributed by atoms with Gasteiger partial charge in [-0.3, -0.25) is 9.69 Å². The molecule has 3 aromatic rings. The predicted molar refractivity (Wildman–Crippen MR) is 138 cm³/mol. The van der Waals surface area contributed by atoms with Crippen LogP contribution in [0.1, 0.15) is 38.2 Å². The number of rotatable bonds is 3. The molecule has 0 bridgehead atoms. The molecule has 36 heavy (non-hydrogen) atoms. The van der Waals surface area contributed by atoms with E-state index in [4.69, 9.17) is 21.1 Å². The maximum absolute atomic E-state index is 13.9. The summed E-state index contributed by atoms with van der Waals surface area (Å²) in [5, 5.41) is 11.2. The van der Waals surface area contributed by atoms with Crippen LogP contribution in [-0.2, 0) is 4.79 Å². The summed E-state index contributed by atoms with van der Waals surface area (Å²) in [5.74, 6) is 1.49. The second-order valence-corrected chi connectivity index (χ2v) is 10.5. The molecule has 0 N–H and O–H groups in total. The Labute approximate surface area is 214 Å². The van der Waals surface area contributed by atoms with Gasteiger partial charge in [-0.05, 0) is 59.9 Å². The average Bonchev–Trinajstić information content (AvgIpc) is 3.53. The van der Waals surface area contributed by atoms with Gasteiger partial charge in [0.15, 0.2) is 17.3 Å². The first-order chi connectivity index (χ1) is 17.4. The van der Waals surface area contributed by atoms with Gasteiger partial charge in [0.1, 0.15) is 5.82 Å². The largest absolute Gasteiger partial charge is 0.454 e. The highest BCUT2D eigenvalue weighted by molar-refractivity contribution is 6.30. The minimum absolute atomic E-state index is 0.0512. The molecule has 0 saturated heterocycles. The molecular formula is C29H24ClN3O3. The summed E-state index contributed by atoms with van der Waals surface area (Å²) in [6.45, 7) is 4.38. The molecule has 0 fully saturated rings. The summed E-state index contributed by atoms with van der Waals surface area (Å²) < 4.78 is 13.1. The van der Waals surface area contributed by atoms with Gasteiger partial charge in [0.2, 0.25) is 6.79 Å². The third kappa shape index (κ3) is 3.59. The molecular weight excluding hydrogens is 474 g/mol. The number of anilines is 1. The quantitative estimate of drug-likeness (QED) is 0.412. The molecule has 1 aromatic heterocycles. The first kappa shape index (κ1) is 22.5. The molecule has 2 aromatic carbocycles. The van der Waals surface area contributed by atoms with Crippen LogP contribution >= 0.6 is 11.6 Å². The second-order valence-electron chi connectivity index (χ2n) is 10.1. The fraction of sp³-hybridized carbons (Fsp3) is 0.241. The number of Topliss-reactive ketones (excluding diaryl/α,β-unsaturated/α-hetero) is 1. The van der Waals surface area contributed by atoms with Gasteiger partial charge < -0.3 is 14.0 Å². The topological polar surface area (TPSA) is 67.5 Å². The maximum atomic E-state index is 13.9. The van der Waals surface area contributed by atoms with Gasteiger partial charge in [-0.2, -0.15) is 5.26 Å². The molecule has 3 aliphatic rings. The lowest BCUT2D eigenvalue weighted by Crippen LogP contribution is -2.40. The van der Waals surface area contributed by atoms with Gasteiger partial charge in [0, 0.05) is 40.8 Å². The van der Waals surface area contributed by atoms with Crippen LogP contribution < -0.4 is 14.4 Å². The number of nitrogens with zero attached hydrogens (tertiary/aromatic N) is 3. The van der Waals surface area contributed by atoms with Crippen LogP contribution in [0.2, 0.25) is 5.02 Å². The number of allylic oxidation sites excluding steroid dienone is 3. The van der Waals surface area contributed by atoms with Crippen molar-refractivity contribution in [2.45, 2.75) is 32.6 Å². The van der Waals surface area contributed by atoms with Crippen molar-refractivity contribution in [1.82, 2.24) is 4.57 Å². The number of carbonyl (C=O) groups excluding carboxylic acids is 1. The Kier molecular flexibility index (Phi) is 5.20. The normalized spacial score (nSPS) is 20.4. The molecule has 1 aliphatic carbocycles. The van der Waals surface area contributed by atoms with Gasteiger partial charge in [-0.1, -0.05) is 37.6 Å². The zero-order chi connectivity index (χ0) is 25.0. The molecule has 0 unspecified atom stereocenters. The summed E-state index contributed by atoms with van der Waals surface area (Å²) in [6, 6.07) is 19.5. The number of hydrogen-bond donors (Lipinski definition) is 0. The van der Waals surface area contributed by atoms with E-state index in [0.717, 1.165) is 16.9 Å². The SMILES string of the molecule is CC1(C)CC(=O)C2=C(C1)N(c1cccc(Cl)c1)C(n1cccc1)=C(C#N)[C@@H]2c1ccc2c(c1)OCO2. The van der Waals surface area contributed by atoms with Crippen molar-refractivity contribution < 1.29 is 14.3 Å². The number of ketones is 1. The molecule has 3 heterocycles. The highest BCUT2D eigenvalue weighted by atomic mass is 35.5. The van der Waals surface area contributed by atoms with Crippen molar-refractivity contribution in [3.63, 3.8) is 0 Å². The first-order valence-corrected chi connectivity index (χ1v) is 12.2.